The number of carbonyl (C=O) groups is 1. The van der Waals surface area contributed by atoms with E-state index in [1.807, 2.05) is 17.0 Å². The number of furan rings is 1. The van der Waals surface area contributed by atoms with E-state index in [4.69, 9.17) is 9.41 Å². The van der Waals surface area contributed by atoms with Crippen molar-refractivity contribution in [2.45, 2.75) is 32.2 Å². The van der Waals surface area contributed by atoms with Crippen molar-refractivity contribution >= 4 is 35.8 Å². The number of amides is 1. The molecule has 7 heteroatoms. The first-order chi connectivity index (χ1) is 10.8. The van der Waals surface area contributed by atoms with Crippen molar-refractivity contribution in [1.29, 1.82) is 0 Å². The quantitative estimate of drug-likeness (QED) is 0.447. The molecule has 6 nitrogen and oxygen atoms in total. The molecule has 0 bridgehead atoms. The minimum Gasteiger partial charge on any atom is -0.469 e. The molecule has 3 heterocycles. The Hall–Kier alpha value is -1.25. The van der Waals surface area contributed by atoms with E-state index >= 15 is 0 Å². The van der Waals surface area contributed by atoms with Gasteiger partial charge in [-0.3, -0.25) is 9.79 Å². The van der Waals surface area contributed by atoms with Crippen LogP contribution in [0.4, 0.5) is 0 Å². The van der Waals surface area contributed by atoms with Crippen molar-refractivity contribution in [2.75, 3.05) is 32.7 Å². The molecule has 2 saturated heterocycles. The summed E-state index contributed by atoms with van der Waals surface area (Å²) in [4.78, 5) is 20.8. The van der Waals surface area contributed by atoms with Crippen LogP contribution in [0.3, 0.4) is 0 Å². The van der Waals surface area contributed by atoms with Gasteiger partial charge >= 0.3 is 0 Å². The first-order valence-corrected chi connectivity index (χ1v) is 8.13. The van der Waals surface area contributed by atoms with Crippen LogP contribution >= 0.6 is 24.0 Å². The molecule has 1 aromatic rings. The number of halogens is 1. The largest absolute Gasteiger partial charge is 0.469 e. The molecular formula is C16H25IN4O2. The third kappa shape index (κ3) is 4.39. The summed E-state index contributed by atoms with van der Waals surface area (Å²) in [6.07, 6.45) is 4.18. The maximum Gasteiger partial charge on any atom is 0.223 e. The summed E-state index contributed by atoms with van der Waals surface area (Å²) in [6.45, 7) is 6.19. The number of rotatable bonds is 4. The summed E-state index contributed by atoms with van der Waals surface area (Å²) in [7, 11) is 0. The molecule has 0 aromatic carbocycles. The van der Waals surface area contributed by atoms with Crippen LogP contribution in [0.2, 0.25) is 0 Å². The number of piperazine rings is 1. The van der Waals surface area contributed by atoms with Crippen molar-refractivity contribution in [3.8, 4) is 0 Å². The van der Waals surface area contributed by atoms with Gasteiger partial charge in [0.05, 0.1) is 6.26 Å². The van der Waals surface area contributed by atoms with E-state index in [-0.39, 0.29) is 24.0 Å². The van der Waals surface area contributed by atoms with Gasteiger partial charge in [-0.1, -0.05) is 0 Å². The zero-order chi connectivity index (χ0) is 15.4. The van der Waals surface area contributed by atoms with Gasteiger partial charge in [0.25, 0.3) is 0 Å². The molecule has 23 heavy (non-hydrogen) atoms. The molecule has 1 amide bonds. The van der Waals surface area contributed by atoms with Crippen molar-refractivity contribution < 1.29 is 9.21 Å². The predicted octanol–water partition coefficient (Wildman–Crippen LogP) is 1.71. The molecular weight excluding hydrogens is 407 g/mol. The standard InChI is InChI=1S/C16H24N4O2.HI/c1-2-17-16(18-8-7-14-4-3-11-22-14)19-9-10-20-13(12-19)5-6-15(20)21;/h3-4,11,13H,2,5-10,12H2,1H3,(H,17,18);1H. The second-order valence-corrected chi connectivity index (χ2v) is 5.79. The third-order valence-corrected chi connectivity index (χ3v) is 4.33. The SMILES string of the molecule is CCNC(=NCCc1ccco1)N1CCN2C(=O)CCC2C1.I. The molecule has 3 rings (SSSR count). The second kappa shape index (κ2) is 8.56. The predicted molar refractivity (Wildman–Crippen MR) is 100 cm³/mol. The highest BCUT2D eigenvalue weighted by Crippen LogP contribution is 2.22. The van der Waals surface area contributed by atoms with Crippen LogP contribution in [0.5, 0.6) is 0 Å². The molecule has 0 spiro atoms. The summed E-state index contributed by atoms with van der Waals surface area (Å²) in [6, 6.07) is 4.24. The Morgan fingerprint density at radius 1 is 1.48 bits per heavy atom. The van der Waals surface area contributed by atoms with E-state index in [2.05, 4.69) is 17.1 Å². The van der Waals surface area contributed by atoms with Gasteiger partial charge in [-0.2, -0.15) is 0 Å². The number of nitrogens with zero attached hydrogens (tertiary/aromatic N) is 3. The highest BCUT2D eigenvalue weighted by atomic mass is 127. The topological polar surface area (TPSA) is 61.1 Å². The molecule has 128 valence electrons. The van der Waals surface area contributed by atoms with Gasteiger partial charge < -0.3 is 19.5 Å². The van der Waals surface area contributed by atoms with Crippen LogP contribution in [0.25, 0.3) is 0 Å². The Kier molecular flexibility index (Phi) is 6.73. The lowest BCUT2D eigenvalue weighted by molar-refractivity contribution is -0.130. The molecule has 2 aliphatic rings. The smallest absolute Gasteiger partial charge is 0.223 e. The summed E-state index contributed by atoms with van der Waals surface area (Å²) < 4.78 is 5.34. The maximum atomic E-state index is 11.8. The number of nitrogens with one attached hydrogen (secondary N) is 1. The normalized spacial score (nSPS) is 21.2. The number of fused-ring (bicyclic) bond motifs is 1. The fourth-order valence-corrected chi connectivity index (χ4v) is 3.21. The highest BCUT2D eigenvalue weighted by molar-refractivity contribution is 14.0. The lowest BCUT2D eigenvalue weighted by Crippen LogP contribution is -2.56. The van der Waals surface area contributed by atoms with Crippen LogP contribution in [-0.4, -0.2) is 60.4 Å². The molecule has 2 aliphatic heterocycles. The average molecular weight is 432 g/mol. The van der Waals surface area contributed by atoms with E-state index in [1.54, 1.807) is 6.26 Å². The van der Waals surface area contributed by atoms with Gasteiger partial charge in [0.15, 0.2) is 5.96 Å². The fraction of sp³-hybridized carbons (Fsp3) is 0.625. The van der Waals surface area contributed by atoms with Gasteiger partial charge in [-0.05, 0) is 25.5 Å². The van der Waals surface area contributed by atoms with Gasteiger partial charge in [0, 0.05) is 51.6 Å². The highest BCUT2D eigenvalue weighted by Gasteiger charge is 2.36. The second-order valence-electron chi connectivity index (χ2n) is 5.79. The number of hydrogen-bond acceptors (Lipinski definition) is 3. The number of aliphatic imine (C=N–C) groups is 1. The zero-order valence-corrected chi connectivity index (χ0v) is 15.9. The van der Waals surface area contributed by atoms with Crippen LogP contribution < -0.4 is 5.32 Å². The number of carbonyl (C=O) groups excluding carboxylic acids is 1. The number of hydrogen-bond donors (Lipinski definition) is 1. The first kappa shape index (κ1) is 18.1. The molecule has 2 fully saturated rings. The van der Waals surface area contributed by atoms with E-state index < -0.39 is 0 Å². The van der Waals surface area contributed by atoms with Crippen molar-refractivity contribution in [2.24, 2.45) is 4.99 Å². The van der Waals surface area contributed by atoms with Crippen molar-refractivity contribution in [1.82, 2.24) is 15.1 Å². The summed E-state index contributed by atoms with van der Waals surface area (Å²) in [5.74, 6) is 2.23. The Bertz CT molecular complexity index is 532. The fourth-order valence-electron chi connectivity index (χ4n) is 3.21. The molecule has 1 aromatic heterocycles. The average Bonchev–Trinajstić information content (AvgIpc) is 3.16. The van der Waals surface area contributed by atoms with Crippen LogP contribution in [0, 0.1) is 0 Å². The summed E-state index contributed by atoms with van der Waals surface area (Å²) >= 11 is 0. The van der Waals surface area contributed by atoms with E-state index in [9.17, 15) is 4.79 Å². The molecule has 1 atom stereocenters. The Morgan fingerprint density at radius 2 is 2.35 bits per heavy atom. The van der Waals surface area contributed by atoms with Crippen molar-refractivity contribution in [3.05, 3.63) is 24.2 Å². The first-order valence-electron chi connectivity index (χ1n) is 8.13. The van der Waals surface area contributed by atoms with Crippen LogP contribution in [0.1, 0.15) is 25.5 Å². The molecule has 1 unspecified atom stereocenters. The maximum absolute atomic E-state index is 11.8. The van der Waals surface area contributed by atoms with Crippen LogP contribution in [0.15, 0.2) is 27.8 Å². The lowest BCUT2D eigenvalue weighted by Gasteiger charge is -2.39. The minimum absolute atomic E-state index is 0. The van der Waals surface area contributed by atoms with E-state index in [1.165, 1.54) is 0 Å². The Morgan fingerprint density at radius 3 is 3.09 bits per heavy atom. The lowest BCUT2D eigenvalue weighted by atomic mass is 10.1. The van der Waals surface area contributed by atoms with Gasteiger partial charge in [0.1, 0.15) is 5.76 Å². The van der Waals surface area contributed by atoms with Crippen LogP contribution in [-0.2, 0) is 11.2 Å². The minimum atomic E-state index is 0. The summed E-state index contributed by atoms with van der Waals surface area (Å²) in [5, 5.41) is 3.37. The number of guanidine groups is 1. The summed E-state index contributed by atoms with van der Waals surface area (Å²) in [5.41, 5.74) is 0. The van der Waals surface area contributed by atoms with Crippen molar-refractivity contribution in [3.63, 3.8) is 0 Å². The van der Waals surface area contributed by atoms with Gasteiger partial charge in [0.2, 0.25) is 5.91 Å². The molecule has 1 N–H and O–H groups in total. The molecule has 0 aliphatic carbocycles. The Labute approximate surface area is 154 Å². The zero-order valence-electron chi connectivity index (χ0n) is 13.5. The van der Waals surface area contributed by atoms with Gasteiger partial charge in [-0.15, -0.1) is 24.0 Å². The van der Waals surface area contributed by atoms with E-state index in [0.717, 1.165) is 50.7 Å². The van der Waals surface area contributed by atoms with E-state index in [0.29, 0.717) is 24.9 Å². The Balaban J connectivity index is 0.00000192. The monoisotopic (exact) mass is 432 g/mol. The van der Waals surface area contributed by atoms with Gasteiger partial charge in [-0.25, -0.2) is 0 Å². The third-order valence-electron chi connectivity index (χ3n) is 4.33. The molecule has 0 radical (unpaired) electrons. The molecule has 0 saturated carbocycles.